The van der Waals surface area contributed by atoms with Crippen LogP contribution in [0.15, 0.2) is 29.3 Å². The summed E-state index contributed by atoms with van der Waals surface area (Å²) in [6.07, 6.45) is -2.36. The third-order valence-corrected chi connectivity index (χ3v) is 6.66. The molecular weight excluding hydrogens is 417 g/mol. The number of fused-ring (bicyclic) bond motifs is 1. The molecule has 2 aromatic rings. The molecular formula is C19H25F3N4O3Si. The summed E-state index contributed by atoms with van der Waals surface area (Å²) in [5, 5.41) is 13.7. The maximum atomic E-state index is 13.9. The minimum absolute atomic E-state index is 0.0926. The molecule has 0 fully saturated rings. The number of aliphatic hydroxyl groups is 1. The Morgan fingerprint density at radius 1 is 1.33 bits per heavy atom. The van der Waals surface area contributed by atoms with E-state index >= 15 is 0 Å². The lowest BCUT2D eigenvalue weighted by atomic mass is 10.1. The summed E-state index contributed by atoms with van der Waals surface area (Å²) >= 11 is 0. The van der Waals surface area contributed by atoms with Gasteiger partial charge in [0.1, 0.15) is 12.3 Å². The van der Waals surface area contributed by atoms with Gasteiger partial charge in [-0.3, -0.25) is 9.78 Å². The van der Waals surface area contributed by atoms with E-state index in [2.05, 4.69) is 29.7 Å². The summed E-state index contributed by atoms with van der Waals surface area (Å²) in [6, 6.07) is 3.45. The third-order valence-electron chi connectivity index (χ3n) is 4.96. The molecule has 0 aliphatic carbocycles. The predicted octanol–water partition coefficient (Wildman–Crippen LogP) is 3.02. The number of pyridine rings is 1. The number of hydrogen-bond donors (Lipinski definition) is 1. The zero-order chi connectivity index (χ0) is 22.1. The van der Waals surface area contributed by atoms with E-state index in [0.717, 1.165) is 12.2 Å². The zero-order valence-electron chi connectivity index (χ0n) is 17.1. The largest absolute Gasteiger partial charge is 0.423 e. The van der Waals surface area contributed by atoms with Crippen LogP contribution >= 0.6 is 0 Å². The van der Waals surface area contributed by atoms with Gasteiger partial charge < -0.3 is 14.7 Å². The SMILES string of the molecule is C[Si](C)(C)CCOCn1ncc(N2Cc3cccnc3C2CO)c(C(F)(F)F)c1=O. The number of nitrogens with zero attached hydrogens (tertiary/aromatic N) is 4. The van der Waals surface area contributed by atoms with Gasteiger partial charge in [-0.25, -0.2) is 4.68 Å². The van der Waals surface area contributed by atoms with Gasteiger partial charge in [-0.05, 0) is 17.7 Å². The van der Waals surface area contributed by atoms with Crippen LogP contribution in [0.25, 0.3) is 0 Å². The van der Waals surface area contributed by atoms with Crippen molar-refractivity contribution < 1.29 is 23.0 Å². The van der Waals surface area contributed by atoms with Crippen molar-refractivity contribution in [2.45, 2.75) is 51.2 Å². The molecule has 0 saturated heterocycles. The van der Waals surface area contributed by atoms with E-state index < -0.39 is 38.0 Å². The highest BCUT2D eigenvalue weighted by atomic mass is 28.3. The lowest BCUT2D eigenvalue weighted by Crippen LogP contribution is -2.36. The summed E-state index contributed by atoms with van der Waals surface area (Å²) < 4.78 is 47.7. The lowest BCUT2D eigenvalue weighted by Gasteiger charge is -2.27. The quantitative estimate of drug-likeness (QED) is 0.525. The molecule has 0 bridgehead atoms. The normalized spacial score (nSPS) is 16.8. The lowest BCUT2D eigenvalue weighted by molar-refractivity contribution is -0.138. The first-order chi connectivity index (χ1) is 14.0. The molecule has 1 N–H and O–H groups in total. The van der Waals surface area contributed by atoms with E-state index in [4.69, 9.17) is 4.74 Å². The van der Waals surface area contributed by atoms with E-state index in [0.29, 0.717) is 22.5 Å². The number of alkyl halides is 3. The van der Waals surface area contributed by atoms with E-state index in [1.807, 2.05) is 0 Å². The molecule has 7 nitrogen and oxygen atoms in total. The molecule has 0 saturated carbocycles. The summed E-state index contributed by atoms with van der Waals surface area (Å²) in [7, 11) is -1.37. The van der Waals surface area contributed by atoms with Crippen molar-refractivity contribution in [1.29, 1.82) is 0 Å². The second kappa shape index (κ2) is 8.48. The monoisotopic (exact) mass is 442 g/mol. The molecule has 2 aromatic heterocycles. The van der Waals surface area contributed by atoms with Crippen molar-refractivity contribution in [1.82, 2.24) is 14.8 Å². The van der Waals surface area contributed by atoms with Gasteiger partial charge in [0, 0.05) is 27.4 Å². The van der Waals surface area contributed by atoms with Gasteiger partial charge in [-0.2, -0.15) is 18.3 Å². The number of halogens is 3. The minimum Gasteiger partial charge on any atom is -0.394 e. The Balaban J connectivity index is 1.93. The fraction of sp³-hybridized carbons (Fsp3) is 0.526. The number of ether oxygens (including phenoxy) is 1. The van der Waals surface area contributed by atoms with Gasteiger partial charge in [-0.15, -0.1) is 0 Å². The van der Waals surface area contributed by atoms with Gasteiger partial charge in [0.05, 0.1) is 30.2 Å². The molecule has 0 amide bonds. The Morgan fingerprint density at radius 2 is 2.07 bits per heavy atom. The minimum atomic E-state index is -4.89. The van der Waals surface area contributed by atoms with Crippen molar-refractivity contribution >= 4 is 13.8 Å². The predicted molar refractivity (Wildman–Crippen MR) is 108 cm³/mol. The maximum absolute atomic E-state index is 13.9. The van der Waals surface area contributed by atoms with Crippen LogP contribution in [0.5, 0.6) is 0 Å². The molecule has 3 heterocycles. The topological polar surface area (TPSA) is 80.5 Å². The average Bonchev–Trinajstić information content (AvgIpc) is 3.02. The van der Waals surface area contributed by atoms with Crippen molar-refractivity contribution in [2.24, 2.45) is 0 Å². The van der Waals surface area contributed by atoms with Gasteiger partial charge >= 0.3 is 6.18 Å². The smallest absolute Gasteiger partial charge is 0.394 e. The molecule has 3 rings (SSSR count). The molecule has 30 heavy (non-hydrogen) atoms. The van der Waals surface area contributed by atoms with Gasteiger partial charge in [-0.1, -0.05) is 25.7 Å². The molecule has 0 aromatic carbocycles. The summed E-state index contributed by atoms with van der Waals surface area (Å²) in [5.74, 6) is 0. The molecule has 1 aliphatic rings. The van der Waals surface area contributed by atoms with Crippen LogP contribution in [0.2, 0.25) is 25.7 Å². The van der Waals surface area contributed by atoms with Crippen LogP contribution in [-0.4, -0.2) is 41.2 Å². The Kier molecular flexibility index (Phi) is 6.34. The standard InChI is InChI=1S/C19H25F3N4O3Si/c1-30(2,3)8-7-29-12-26-18(28)16(19(20,21)22)14(9-24-26)25-10-13-5-4-6-23-17(13)15(25)11-27/h4-6,9,15,27H,7-8,10-12H2,1-3H3. The van der Waals surface area contributed by atoms with E-state index in [1.165, 1.54) is 11.1 Å². The molecule has 164 valence electrons. The maximum Gasteiger partial charge on any atom is 0.423 e. The zero-order valence-corrected chi connectivity index (χ0v) is 18.1. The van der Waals surface area contributed by atoms with Crippen LogP contribution in [0.4, 0.5) is 18.9 Å². The summed E-state index contributed by atoms with van der Waals surface area (Å²) in [4.78, 5) is 18.2. The molecule has 1 aliphatic heterocycles. The van der Waals surface area contributed by atoms with Gasteiger partial charge in [0.15, 0.2) is 0 Å². The highest BCUT2D eigenvalue weighted by Crippen LogP contribution is 2.41. The third kappa shape index (κ3) is 4.73. The van der Waals surface area contributed by atoms with E-state index in [9.17, 15) is 23.1 Å². The van der Waals surface area contributed by atoms with Crippen LogP contribution in [-0.2, 0) is 24.2 Å². The molecule has 1 unspecified atom stereocenters. The summed E-state index contributed by atoms with van der Waals surface area (Å²) in [5.41, 5.74) is -1.77. The van der Waals surface area contributed by atoms with Crippen LogP contribution in [0.3, 0.4) is 0 Å². The Labute approximate surface area is 173 Å². The first-order valence-electron chi connectivity index (χ1n) is 9.59. The Hall–Kier alpha value is -2.24. The van der Waals surface area contributed by atoms with Gasteiger partial charge in [0.2, 0.25) is 0 Å². The van der Waals surface area contributed by atoms with Crippen LogP contribution in [0, 0.1) is 0 Å². The molecule has 0 spiro atoms. The second-order valence-electron chi connectivity index (χ2n) is 8.43. The van der Waals surface area contributed by atoms with E-state index in [-0.39, 0.29) is 19.0 Å². The average molecular weight is 443 g/mol. The summed E-state index contributed by atoms with van der Waals surface area (Å²) in [6.45, 7) is 6.11. The number of aromatic nitrogens is 3. The van der Waals surface area contributed by atoms with E-state index in [1.54, 1.807) is 12.1 Å². The molecule has 1 atom stereocenters. The van der Waals surface area contributed by atoms with Crippen molar-refractivity contribution in [3.8, 4) is 0 Å². The number of rotatable bonds is 7. The number of aliphatic hydroxyl groups excluding tert-OH is 1. The van der Waals surface area contributed by atoms with Crippen molar-refractivity contribution in [3.05, 3.63) is 51.7 Å². The number of hydrogen-bond acceptors (Lipinski definition) is 6. The fourth-order valence-electron chi connectivity index (χ4n) is 3.35. The first-order valence-corrected chi connectivity index (χ1v) is 13.3. The Bertz CT molecular complexity index is 959. The van der Waals surface area contributed by atoms with Crippen LogP contribution < -0.4 is 10.5 Å². The van der Waals surface area contributed by atoms with Crippen molar-refractivity contribution in [3.63, 3.8) is 0 Å². The number of anilines is 1. The molecule has 11 heteroatoms. The first kappa shape index (κ1) is 22.4. The molecule has 0 radical (unpaired) electrons. The highest BCUT2D eigenvalue weighted by Gasteiger charge is 2.42. The van der Waals surface area contributed by atoms with Crippen molar-refractivity contribution in [2.75, 3.05) is 18.1 Å². The highest BCUT2D eigenvalue weighted by molar-refractivity contribution is 6.76. The fourth-order valence-corrected chi connectivity index (χ4v) is 4.11. The Morgan fingerprint density at radius 3 is 2.70 bits per heavy atom. The second-order valence-corrected chi connectivity index (χ2v) is 14.1. The van der Waals surface area contributed by atoms with Gasteiger partial charge in [0.25, 0.3) is 5.56 Å². The van der Waals surface area contributed by atoms with Crippen LogP contribution in [0.1, 0.15) is 22.9 Å².